The van der Waals surface area contributed by atoms with E-state index in [4.69, 9.17) is 4.74 Å². The maximum Gasteiger partial charge on any atom is 0.332 e. The zero-order valence-electron chi connectivity index (χ0n) is 14.2. The second-order valence-electron chi connectivity index (χ2n) is 6.36. The highest BCUT2D eigenvalue weighted by molar-refractivity contribution is 5.78. The van der Waals surface area contributed by atoms with Gasteiger partial charge in [0.15, 0.2) is 11.2 Å². The number of amides is 1. The fourth-order valence-corrected chi connectivity index (χ4v) is 2.92. The fraction of sp³-hybridized carbons (Fsp3) is 0.600. The van der Waals surface area contributed by atoms with Crippen LogP contribution in [0.1, 0.15) is 12.8 Å². The molecule has 2 N–H and O–H groups in total. The Morgan fingerprint density at radius 1 is 1.32 bits per heavy atom. The third-order valence-corrected chi connectivity index (χ3v) is 4.57. The summed E-state index contributed by atoms with van der Waals surface area (Å²) in [6, 6.07) is 0. The number of imidazole rings is 1. The molecule has 1 fully saturated rings. The van der Waals surface area contributed by atoms with Crippen molar-refractivity contribution in [3.05, 3.63) is 27.2 Å². The van der Waals surface area contributed by atoms with Gasteiger partial charge in [-0.25, -0.2) is 9.78 Å². The molecule has 0 spiro atoms. The Morgan fingerprint density at radius 2 is 2.00 bits per heavy atom. The predicted octanol–water partition coefficient (Wildman–Crippen LogP) is -1.91. The van der Waals surface area contributed by atoms with E-state index in [2.05, 4.69) is 10.3 Å². The third-order valence-electron chi connectivity index (χ3n) is 4.57. The molecule has 3 rings (SSSR count). The van der Waals surface area contributed by atoms with Gasteiger partial charge in [-0.3, -0.25) is 18.7 Å². The molecule has 3 heterocycles. The van der Waals surface area contributed by atoms with Crippen molar-refractivity contribution >= 4 is 17.1 Å². The normalized spacial score (nSPS) is 16.9. The summed E-state index contributed by atoms with van der Waals surface area (Å²) in [7, 11) is 2.89. The van der Waals surface area contributed by atoms with E-state index in [9.17, 15) is 19.5 Å². The van der Waals surface area contributed by atoms with Gasteiger partial charge in [-0.15, -0.1) is 0 Å². The second-order valence-corrected chi connectivity index (χ2v) is 6.36. The van der Waals surface area contributed by atoms with Crippen LogP contribution in [0.25, 0.3) is 11.2 Å². The van der Waals surface area contributed by atoms with Gasteiger partial charge in [0.1, 0.15) is 6.54 Å². The number of fused-ring (bicyclic) bond motifs is 1. The molecule has 2 aromatic rings. The average Bonchev–Trinajstić information content (AvgIpc) is 3.01. The van der Waals surface area contributed by atoms with Crippen LogP contribution in [0, 0.1) is 0 Å². The van der Waals surface area contributed by atoms with Gasteiger partial charge in [-0.2, -0.15) is 0 Å². The number of hydrogen-bond donors (Lipinski definition) is 2. The van der Waals surface area contributed by atoms with Crippen LogP contribution in [0.3, 0.4) is 0 Å². The molecule has 10 heteroatoms. The van der Waals surface area contributed by atoms with Crippen LogP contribution in [0.2, 0.25) is 0 Å². The Morgan fingerprint density at radius 3 is 2.68 bits per heavy atom. The number of aliphatic hydroxyl groups is 1. The van der Waals surface area contributed by atoms with E-state index in [1.165, 1.54) is 29.6 Å². The highest BCUT2D eigenvalue weighted by Gasteiger charge is 2.30. The van der Waals surface area contributed by atoms with Gasteiger partial charge in [-0.05, 0) is 0 Å². The highest BCUT2D eigenvalue weighted by Crippen LogP contribution is 2.19. The zero-order valence-corrected chi connectivity index (χ0v) is 14.2. The smallest absolute Gasteiger partial charge is 0.332 e. The maximum absolute atomic E-state index is 12.3. The van der Waals surface area contributed by atoms with Crippen molar-refractivity contribution in [1.82, 2.24) is 24.0 Å². The number of aromatic nitrogens is 4. The van der Waals surface area contributed by atoms with Crippen LogP contribution < -0.4 is 16.6 Å². The quantitative estimate of drug-likeness (QED) is 0.663. The van der Waals surface area contributed by atoms with Crippen LogP contribution in [0.4, 0.5) is 0 Å². The molecule has 1 saturated heterocycles. The monoisotopic (exact) mass is 351 g/mol. The lowest BCUT2D eigenvalue weighted by Crippen LogP contribution is -2.47. The van der Waals surface area contributed by atoms with Crippen molar-refractivity contribution in [2.45, 2.75) is 25.0 Å². The van der Waals surface area contributed by atoms with Gasteiger partial charge in [0.25, 0.3) is 5.56 Å². The van der Waals surface area contributed by atoms with Crippen LogP contribution in [0.15, 0.2) is 15.9 Å². The molecule has 10 nitrogen and oxygen atoms in total. The first kappa shape index (κ1) is 17.4. The van der Waals surface area contributed by atoms with E-state index in [0.717, 1.165) is 4.57 Å². The van der Waals surface area contributed by atoms with Gasteiger partial charge < -0.3 is 19.7 Å². The van der Waals surface area contributed by atoms with E-state index in [-0.39, 0.29) is 30.2 Å². The minimum atomic E-state index is -0.967. The summed E-state index contributed by atoms with van der Waals surface area (Å²) < 4.78 is 8.84. The number of carbonyl (C=O) groups is 1. The highest BCUT2D eigenvalue weighted by atomic mass is 16.5. The van der Waals surface area contributed by atoms with Crippen molar-refractivity contribution in [2.75, 3.05) is 19.8 Å². The molecular weight excluding hydrogens is 330 g/mol. The first-order valence-electron chi connectivity index (χ1n) is 8.00. The summed E-state index contributed by atoms with van der Waals surface area (Å²) in [4.78, 5) is 40.5. The zero-order chi connectivity index (χ0) is 18.2. The molecule has 1 aliphatic heterocycles. The van der Waals surface area contributed by atoms with Crippen molar-refractivity contribution in [3.8, 4) is 0 Å². The number of ether oxygens (including phenoxy) is 1. The maximum atomic E-state index is 12.3. The second kappa shape index (κ2) is 6.45. The molecule has 0 atom stereocenters. The van der Waals surface area contributed by atoms with Crippen LogP contribution in [0.5, 0.6) is 0 Å². The van der Waals surface area contributed by atoms with E-state index >= 15 is 0 Å². The van der Waals surface area contributed by atoms with E-state index in [0.29, 0.717) is 26.1 Å². The number of nitrogens with zero attached hydrogens (tertiary/aromatic N) is 4. The summed E-state index contributed by atoms with van der Waals surface area (Å²) in [5.74, 6) is -0.352. The Bertz CT molecular complexity index is 919. The molecule has 0 radical (unpaired) electrons. The van der Waals surface area contributed by atoms with Crippen molar-refractivity contribution in [2.24, 2.45) is 14.1 Å². The van der Waals surface area contributed by atoms with Gasteiger partial charge in [0.05, 0.1) is 11.9 Å². The van der Waals surface area contributed by atoms with E-state index < -0.39 is 16.9 Å². The van der Waals surface area contributed by atoms with Crippen molar-refractivity contribution < 1.29 is 14.6 Å². The average molecular weight is 351 g/mol. The number of nitrogens with one attached hydrogen (secondary N) is 1. The predicted molar refractivity (Wildman–Crippen MR) is 88.2 cm³/mol. The largest absolute Gasteiger partial charge is 0.388 e. The Hall–Kier alpha value is -2.46. The lowest BCUT2D eigenvalue weighted by molar-refractivity contribution is -0.124. The van der Waals surface area contributed by atoms with Crippen LogP contribution in [-0.4, -0.2) is 55.1 Å². The molecule has 1 amide bonds. The van der Waals surface area contributed by atoms with Gasteiger partial charge >= 0.3 is 5.69 Å². The number of aryl methyl sites for hydroxylation is 1. The summed E-state index contributed by atoms with van der Waals surface area (Å²) in [6.07, 6.45) is 2.28. The molecule has 1 aliphatic rings. The first-order chi connectivity index (χ1) is 11.8. The van der Waals surface area contributed by atoms with Crippen LogP contribution in [-0.2, 0) is 30.2 Å². The molecule has 0 aromatic carbocycles. The van der Waals surface area contributed by atoms with Crippen molar-refractivity contribution in [1.29, 1.82) is 0 Å². The Kier molecular flexibility index (Phi) is 4.48. The lowest BCUT2D eigenvalue weighted by Gasteiger charge is -2.32. The topological polar surface area (TPSA) is 120 Å². The summed E-state index contributed by atoms with van der Waals surface area (Å²) in [5, 5.41) is 13.0. The molecule has 25 heavy (non-hydrogen) atoms. The number of rotatable bonds is 4. The standard InChI is InChI=1S/C15H21N5O5/c1-18-12-11(13(22)19(2)14(18)23)20(9-17-12)7-10(21)16-8-15(24)3-5-25-6-4-15/h9,24H,3-8H2,1-2H3,(H,16,21). The first-order valence-corrected chi connectivity index (χ1v) is 8.00. The molecule has 0 saturated carbocycles. The molecule has 136 valence electrons. The molecule has 0 unspecified atom stereocenters. The van der Waals surface area contributed by atoms with E-state index in [1.54, 1.807) is 0 Å². The minimum Gasteiger partial charge on any atom is -0.388 e. The van der Waals surface area contributed by atoms with Gasteiger partial charge in [-0.1, -0.05) is 0 Å². The minimum absolute atomic E-state index is 0.123. The Balaban J connectivity index is 1.78. The Labute approximate surface area is 142 Å². The third kappa shape index (κ3) is 3.22. The SMILES string of the molecule is Cn1c(=O)c2c(ncn2CC(=O)NCC2(O)CCOCC2)n(C)c1=O. The number of hydrogen-bond acceptors (Lipinski definition) is 6. The molecule has 2 aromatic heterocycles. The van der Waals surface area contributed by atoms with Crippen molar-refractivity contribution in [3.63, 3.8) is 0 Å². The lowest BCUT2D eigenvalue weighted by atomic mass is 9.94. The van der Waals surface area contributed by atoms with Gasteiger partial charge in [0, 0.05) is 46.7 Å². The summed E-state index contributed by atoms with van der Waals surface area (Å²) >= 11 is 0. The summed E-state index contributed by atoms with van der Waals surface area (Å²) in [6.45, 7) is 0.917. The molecular formula is C15H21N5O5. The van der Waals surface area contributed by atoms with Gasteiger partial charge in [0.2, 0.25) is 5.91 Å². The number of carbonyl (C=O) groups excluding carboxylic acids is 1. The molecule has 0 aliphatic carbocycles. The molecule has 0 bridgehead atoms. The summed E-state index contributed by atoms with van der Waals surface area (Å²) in [5.41, 5.74) is -1.54. The fourth-order valence-electron chi connectivity index (χ4n) is 2.92. The van der Waals surface area contributed by atoms with Crippen LogP contribution >= 0.6 is 0 Å². The van der Waals surface area contributed by atoms with E-state index in [1.807, 2.05) is 0 Å².